The molecule has 1 heterocycles. The van der Waals surface area contributed by atoms with Crippen molar-refractivity contribution in [2.45, 2.75) is 37.2 Å². The number of ether oxygens (including phenoxy) is 2. The summed E-state index contributed by atoms with van der Waals surface area (Å²) in [6, 6.07) is 6.47. The lowest BCUT2D eigenvalue weighted by molar-refractivity contribution is 0.114. The van der Waals surface area contributed by atoms with E-state index in [1.165, 1.54) is 0 Å². The van der Waals surface area contributed by atoms with Gasteiger partial charge >= 0.3 is 0 Å². The Kier molecular flexibility index (Phi) is 5.39. The van der Waals surface area contributed by atoms with Gasteiger partial charge in [-0.05, 0) is 43.5 Å². The second-order valence-electron chi connectivity index (χ2n) is 4.81. The van der Waals surface area contributed by atoms with Crippen LogP contribution in [0.15, 0.2) is 29.2 Å². The molecule has 2 rings (SSSR count). The second kappa shape index (κ2) is 7.06. The molecule has 1 fully saturated rings. The van der Waals surface area contributed by atoms with E-state index in [0.717, 1.165) is 25.9 Å². The molecule has 20 heavy (non-hydrogen) atoms. The lowest BCUT2D eigenvalue weighted by Gasteiger charge is -2.12. The van der Waals surface area contributed by atoms with Gasteiger partial charge in [-0.15, -0.1) is 0 Å². The second-order valence-corrected chi connectivity index (χ2v) is 6.57. The van der Waals surface area contributed by atoms with Gasteiger partial charge in [-0.1, -0.05) is 6.92 Å². The van der Waals surface area contributed by atoms with Crippen LogP contribution in [-0.2, 0) is 14.8 Å². The standard InChI is InChI=1S/C14H21NO4S/c1-2-9-18-12-5-7-14(8-6-12)20(16,17)15-11-13-4-3-10-19-13/h5-8,13,15H,2-4,9-11H2,1H3/t13-/m1/s1. The van der Waals surface area contributed by atoms with Crippen LogP contribution in [0.5, 0.6) is 5.75 Å². The molecule has 1 aliphatic heterocycles. The predicted molar refractivity (Wildman–Crippen MR) is 76.4 cm³/mol. The molecule has 0 amide bonds. The number of rotatable bonds is 7. The van der Waals surface area contributed by atoms with E-state index in [1.807, 2.05) is 6.92 Å². The van der Waals surface area contributed by atoms with Gasteiger partial charge in [-0.3, -0.25) is 0 Å². The number of benzene rings is 1. The first-order chi connectivity index (χ1) is 9.62. The summed E-state index contributed by atoms with van der Waals surface area (Å²) in [4.78, 5) is 0.249. The summed E-state index contributed by atoms with van der Waals surface area (Å²) in [5, 5.41) is 0. The van der Waals surface area contributed by atoms with Gasteiger partial charge in [0.2, 0.25) is 10.0 Å². The maximum absolute atomic E-state index is 12.1. The van der Waals surface area contributed by atoms with E-state index in [2.05, 4.69) is 4.72 Å². The van der Waals surface area contributed by atoms with Crippen molar-refractivity contribution in [3.05, 3.63) is 24.3 Å². The first-order valence-electron chi connectivity index (χ1n) is 6.96. The first-order valence-corrected chi connectivity index (χ1v) is 8.44. The van der Waals surface area contributed by atoms with Crippen LogP contribution in [0.2, 0.25) is 0 Å². The van der Waals surface area contributed by atoms with E-state index in [0.29, 0.717) is 18.9 Å². The number of hydrogen-bond donors (Lipinski definition) is 1. The van der Waals surface area contributed by atoms with Crippen molar-refractivity contribution in [3.8, 4) is 5.75 Å². The summed E-state index contributed by atoms with van der Waals surface area (Å²) in [7, 11) is -3.47. The number of sulfonamides is 1. The molecule has 0 aliphatic carbocycles. The normalized spacial score (nSPS) is 19.1. The minimum atomic E-state index is -3.47. The summed E-state index contributed by atoms with van der Waals surface area (Å²) in [5.74, 6) is 0.685. The molecular weight excluding hydrogens is 278 g/mol. The van der Waals surface area contributed by atoms with Gasteiger partial charge < -0.3 is 9.47 Å². The van der Waals surface area contributed by atoms with Crippen molar-refractivity contribution in [1.82, 2.24) is 4.72 Å². The van der Waals surface area contributed by atoms with Gasteiger partial charge in [0.1, 0.15) is 5.75 Å². The molecule has 6 heteroatoms. The van der Waals surface area contributed by atoms with Crippen molar-refractivity contribution < 1.29 is 17.9 Å². The molecule has 5 nitrogen and oxygen atoms in total. The molecule has 1 aromatic rings. The zero-order valence-electron chi connectivity index (χ0n) is 11.7. The number of hydrogen-bond acceptors (Lipinski definition) is 4. The summed E-state index contributed by atoms with van der Waals surface area (Å²) >= 11 is 0. The molecule has 112 valence electrons. The van der Waals surface area contributed by atoms with Crippen LogP contribution in [0.25, 0.3) is 0 Å². The third kappa shape index (κ3) is 4.19. The van der Waals surface area contributed by atoms with Crippen molar-refractivity contribution in [3.63, 3.8) is 0 Å². The Bertz CT molecular complexity index is 506. The molecule has 0 bridgehead atoms. The SMILES string of the molecule is CCCOc1ccc(S(=O)(=O)NC[C@H]2CCCO2)cc1. The fraction of sp³-hybridized carbons (Fsp3) is 0.571. The molecule has 0 unspecified atom stereocenters. The molecule has 0 spiro atoms. The summed E-state index contributed by atoms with van der Waals surface area (Å²) < 4.78 is 37.6. The molecule has 1 saturated heterocycles. The average Bonchev–Trinajstić information content (AvgIpc) is 2.97. The molecule has 1 N–H and O–H groups in total. The van der Waals surface area contributed by atoms with E-state index >= 15 is 0 Å². The van der Waals surface area contributed by atoms with Crippen LogP contribution in [0.4, 0.5) is 0 Å². The van der Waals surface area contributed by atoms with Crippen molar-refractivity contribution >= 4 is 10.0 Å². The van der Waals surface area contributed by atoms with Gasteiger partial charge in [0.15, 0.2) is 0 Å². The average molecular weight is 299 g/mol. The highest BCUT2D eigenvalue weighted by atomic mass is 32.2. The van der Waals surface area contributed by atoms with E-state index in [9.17, 15) is 8.42 Å². The number of nitrogens with one attached hydrogen (secondary N) is 1. The Balaban J connectivity index is 1.94. The fourth-order valence-electron chi connectivity index (χ4n) is 2.03. The predicted octanol–water partition coefficient (Wildman–Crippen LogP) is 1.93. The zero-order chi connectivity index (χ0) is 14.4. The maximum atomic E-state index is 12.1. The molecule has 0 radical (unpaired) electrons. The summed E-state index contributed by atoms with van der Waals surface area (Å²) in [6.45, 7) is 3.70. The van der Waals surface area contributed by atoms with Gasteiger partial charge in [0.05, 0.1) is 17.6 Å². The first kappa shape index (κ1) is 15.3. The van der Waals surface area contributed by atoms with Crippen LogP contribution in [-0.4, -0.2) is 34.3 Å². The van der Waals surface area contributed by atoms with E-state index in [1.54, 1.807) is 24.3 Å². The van der Waals surface area contributed by atoms with Crippen molar-refractivity contribution in [2.75, 3.05) is 19.8 Å². The Hall–Kier alpha value is -1.11. The molecule has 1 atom stereocenters. The van der Waals surface area contributed by atoms with Crippen LogP contribution in [0.1, 0.15) is 26.2 Å². The molecule has 0 aromatic heterocycles. The lowest BCUT2D eigenvalue weighted by atomic mass is 10.2. The Morgan fingerprint density at radius 2 is 2.10 bits per heavy atom. The topological polar surface area (TPSA) is 64.6 Å². The molecule has 1 aromatic carbocycles. The minimum absolute atomic E-state index is 0.00284. The monoisotopic (exact) mass is 299 g/mol. The zero-order valence-corrected chi connectivity index (χ0v) is 12.5. The van der Waals surface area contributed by atoms with Crippen LogP contribution >= 0.6 is 0 Å². The van der Waals surface area contributed by atoms with Crippen molar-refractivity contribution in [1.29, 1.82) is 0 Å². The largest absolute Gasteiger partial charge is 0.494 e. The van der Waals surface area contributed by atoms with Gasteiger partial charge in [0.25, 0.3) is 0 Å². The summed E-state index contributed by atoms with van der Waals surface area (Å²) in [5.41, 5.74) is 0. The third-order valence-corrected chi connectivity index (χ3v) is 4.57. The highest BCUT2D eigenvalue weighted by Crippen LogP contribution is 2.17. The molecule has 0 saturated carbocycles. The van der Waals surface area contributed by atoms with Crippen LogP contribution in [0, 0.1) is 0 Å². The van der Waals surface area contributed by atoms with Crippen molar-refractivity contribution in [2.24, 2.45) is 0 Å². The Morgan fingerprint density at radius 3 is 2.70 bits per heavy atom. The van der Waals surface area contributed by atoms with Gasteiger partial charge in [-0.2, -0.15) is 0 Å². The minimum Gasteiger partial charge on any atom is -0.494 e. The van der Waals surface area contributed by atoms with E-state index in [4.69, 9.17) is 9.47 Å². The molecular formula is C14H21NO4S. The highest BCUT2D eigenvalue weighted by Gasteiger charge is 2.20. The molecule has 1 aliphatic rings. The Labute approximate surface area is 120 Å². The maximum Gasteiger partial charge on any atom is 0.240 e. The van der Waals surface area contributed by atoms with Gasteiger partial charge in [-0.25, -0.2) is 13.1 Å². The summed E-state index contributed by atoms with van der Waals surface area (Å²) in [6.07, 6.45) is 2.82. The van der Waals surface area contributed by atoms with Gasteiger partial charge in [0, 0.05) is 13.2 Å². The Morgan fingerprint density at radius 1 is 1.35 bits per heavy atom. The van der Waals surface area contributed by atoms with E-state index in [-0.39, 0.29) is 11.0 Å². The lowest BCUT2D eigenvalue weighted by Crippen LogP contribution is -2.31. The van der Waals surface area contributed by atoms with Crippen LogP contribution in [0.3, 0.4) is 0 Å². The quantitative estimate of drug-likeness (QED) is 0.835. The van der Waals surface area contributed by atoms with Crippen LogP contribution < -0.4 is 9.46 Å². The fourth-order valence-corrected chi connectivity index (χ4v) is 3.09. The highest BCUT2D eigenvalue weighted by molar-refractivity contribution is 7.89. The third-order valence-electron chi connectivity index (χ3n) is 3.13. The van der Waals surface area contributed by atoms with E-state index < -0.39 is 10.0 Å². The smallest absolute Gasteiger partial charge is 0.240 e.